The van der Waals surface area contributed by atoms with Gasteiger partial charge >= 0.3 is 12.1 Å². The Balaban J connectivity index is 2.99. The molecule has 2 unspecified atom stereocenters. The molecule has 26 heavy (non-hydrogen) atoms. The van der Waals surface area contributed by atoms with Crippen LogP contribution in [0.4, 0.5) is 4.79 Å². The van der Waals surface area contributed by atoms with E-state index < -0.39 is 24.2 Å². The van der Waals surface area contributed by atoms with E-state index in [2.05, 4.69) is 5.32 Å². The second-order valence-corrected chi connectivity index (χ2v) is 5.29. The molecule has 0 bridgehead atoms. The van der Waals surface area contributed by atoms with Crippen molar-refractivity contribution in [1.82, 2.24) is 5.32 Å². The average Bonchev–Trinajstić information content (AvgIpc) is 2.62. The Morgan fingerprint density at radius 3 is 2.35 bits per heavy atom. The van der Waals surface area contributed by atoms with Gasteiger partial charge in [-0.2, -0.15) is 0 Å². The normalized spacial score (nSPS) is 12.7. The van der Waals surface area contributed by atoms with Crippen LogP contribution in [0.25, 0.3) is 0 Å². The van der Waals surface area contributed by atoms with Crippen LogP contribution >= 0.6 is 0 Å². The first-order valence-electron chi connectivity index (χ1n) is 8.54. The first-order chi connectivity index (χ1) is 12.5. The van der Waals surface area contributed by atoms with Gasteiger partial charge in [-0.1, -0.05) is 6.07 Å². The van der Waals surface area contributed by atoms with Gasteiger partial charge in [-0.25, -0.2) is 9.59 Å². The van der Waals surface area contributed by atoms with Crippen LogP contribution < -0.4 is 14.8 Å². The van der Waals surface area contributed by atoms with Gasteiger partial charge in [0.2, 0.25) is 0 Å². The van der Waals surface area contributed by atoms with Crippen LogP contribution in [0.1, 0.15) is 26.3 Å². The predicted molar refractivity (Wildman–Crippen MR) is 94.5 cm³/mol. The Kier molecular flexibility index (Phi) is 9.29. The van der Waals surface area contributed by atoms with Gasteiger partial charge in [0, 0.05) is 0 Å². The zero-order valence-electron chi connectivity index (χ0n) is 15.6. The molecule has 0 heterocycles. The molecule has 0 aliphatic heterocycles. The van der Waals surface area contributed by atoms with Crippen LogP contribution in [0.15, 0.2) is 18.2 Å². The molecule has 2 atom stereocenters. The summed E-state index contributed by atoms with van der Waals surface area (Å²) in [6.45, 7) is 5.94. The van der Waals surface area contributed by atoms with Gasteiger partial charge < -0.3 is 29.4 Å². The fourth-order valence-corrected chi connectivity index (χ4v) is 2.33. The fraction of sp³-hybridized carbons (Fsp3) is 0.556. The first kappa shape index (κ1) is 21.6. The number of aliphatic hydroxyl groups is 1. The van der Waals surface area contributed by atoms with Crippen LogP contribution in [-0.2, 0) is 20.7 Å². The van der Waals surface area contributed by atoms with E-state index in [1.807, 2.05) is 6.92 Å². The molecule has 1 rings (SSSR count). The lowest BCUT2D eigenvalue weighted by Gasteiger charge is -2.23. The van der Waals surface area contributed by atoms with Crippen molar-refractivity contribution in [1.29, 1.82) is 0 Å². The van der Waals surface area contributed by atoms with E-state index in [0.717, 1.165) is 5.56 Å². The molecule has 146 valence electrons. The van der Waals surface area contributed by atoms with Gasteiger partial charge in [-0.3, -0.25) is 0 Å². The van der Waals surface area contributed by atoms with E-state index in [-0.39, 0.29) is 19.6 Å². The van der Waals surface area contributed by atoms with Crippen LogP contribution in [-0.4, -0.2) is 56.2 Å². The fourth-order valence-electron chi connectivity index (χ4n) is 2.33. The number of carbonyl (C=O) groups excluding carboxylic acids is 2. The number of hydrogen-bond donors (Lipinski definition) is 2. The van der Waals surface area contributed by atoms with Crippen molar-refractivity contribution in [2.24, 2.45) is 0 Å². The summed E-state index contributed by atoms with van der Waals surface area (Å²) in [6, 6.07) is 4.31. The molecule has 0 radical (unpaired) electrons. The van der Waals surface area contributed by atoms with Gasteiger partial charge in [0.05, 0.1) is 33.0 Å². The van der Waals surface area contributed by atoms with Crippen molar-refractivity contribution in [3.8, 4) is 11.5 Å². The highest BCUT2D eigenvalue weighted by atomic mass is 16.6. The van der Waals surface area contributed by atoms with Crippen molar-refractivity contribution in [2.75, 3.05) is 26.9 Å². The Labute approximate surface area is 153 Å². The molecule has 0 spiro atoms. The monoisotopic (exact) mass is 369 g/mol. The summed E-state index contributed by atoms with van der Waals surface area (Å²) in [5.74, 6) is 0.289. The van der Waals surface area contributed by atoms with Gasteiger partial charge in [0.25, 0.3) is 0 Å². The Morgan fingerprint density at radius 1 is 1.08 bits per heavy atom. The van der Waals surface area contributed by atoms with E-state index in [1.165, 1.54) is 7.11 Å². The van der Waals surface area contributed by atoms with Crippen molar-refractivity contribution in [3.05, 3.63) is 23.8 Å². The van der Waals surface area contributed by atoms with Crippen LogP contribution in [0.5, 0.6) is 11.5 Å². The van der Waals surface area contributed by atoms with E-state index in [9.17, 15) is 14.7 Å². The summed E-state index contributed by atoms with van der Waals surface area (Å²) < 4.78 is 20.4. The van der Waals surface area contributed by atoms with Gasteiger partial charge in [-0.05, 0) is 44.9 Å². The average molecular weight is 369 g/mol. The van der Waals surface area contributed by atoms with Crippen molar-refractivity contribution in [2.45, 2.75) is 39.3 Å². The minimum atomic E-state index is -1.53. The second kappa shape index (κ2) is 11.2. The van der Waals surface area contributed by atoms with Crippen LogP contribution in [0.2, 0.25) is 0 Å². The van der Waals surface area contributed by atoms with E-state index >= 15 is 0 Å². The lowest BCUT2D eigenvalue weighted by Crippen LogP contribution is -2.49. The van der Waals surface area contributed by atoms with Gasteiger partial charge in [0.15, 0.2) is 17.6 Å². The predicted octanol–water partition coefficient (Wildman–Crippen LogP) is 1.68. The molecule has 2 N–H and O–H groups in total. The second-order valence-electron chi connectivity index (χ2n) is 5.29. The van der Waals surface area contributed by atoms with E-state index in [0.29, 0.717) is 18.1 Å². The third-order valence-corrected chi connectivity index (χ3v) is 3.47. The maximum Gasteiger partial charge on any atom is 0.407 e. The summed E-state index contributed by atoms with van der Waals surface area (Å²) in [5.41, 5.74) is 0.732. The highest BCUT2D eigenvalue weighted by Gasteiger charge is 2.29. The molecule has 0 aromatic heterocycles. The Hall–Kier alpha value is -2.48. The molecule has 0 aliphatic carbocycles. The molecule has 8 nitrogen and oxygen atoms in total. The summed E-state index contributed by atoms with van der Waals surface area (Å²) in [7, 11) is 1.52. The van der Waals surface area contributed by atoms with Crippen molar-refractivity contribution >= 4 is 12.1 Å². The van der Waals surface area contributed by atoms with Crippen molar-refractivity contribution in [3.63, 3.8) is 0 Å². The van der Waals surface area contributed by atoms with E-state index in [1.54, 1.807) is 32.0 Å². The number of hydrogen-bond acceptors (Lipinski definition) is 7. The highest BCUT2D eigenvalue weighted by molar-refractivity contribution is 5.77. The summed E-state index contributed by atoms with van der Waals surface area (Å²) in [5, 5.41) is 12.8. The molecule has 0 fully saturated rings. The Bertz CT molecular complexity index is 591. The minimum Gasteiger partial charge on any atom is -0.493 e. The zero-order valence-corrected chi connectivity index (χ0v) is 15.6. The summed E-state index contributed by atoms with van der Waals surface area (Å²) >= 11 is 0. The SMILES string of the molecule is CCOC(=O)NC(Cc1ccc(OCC)c(OC)c1)C(O)C(=O)OCC. The molecular weight excluding hydrogens is 342 g/mol. The number of nitrogens with one attached hydrogen (secondary N) is 1. The zero-order chi connectivity index (χ0) is 19.5. The first-order valence-corrected chi connectivity index (χ1v) is 8.54. The maximum atomic E-state index is 11.9. The molecule has 0 saturated heterocycles. The molecule has 1 amide bonds. The third kappa shape index (κ3) is 6.44. The number of rotatable bonds is 10. The largest absolute Gasteiger partial charge is 0.493 e. The Morgan fingerprint density at radius 2 is 1.77 bits per heavy atom. The number of aliphatic hydroxyl groups excluding tert-OH is 1. The highest BCUT2D eigenvalue weighted by Crippen LogP contribution is 2.28. The molecule has 0 aliphatic rings. The lowest BCUT2D eigenvalue weighted by atomic mass is 10.0. The van der Waals surface area contributed by atoms with Crippen molar-refractivity contribution < 1.29 is 33.6 Å². The summed E-state index contributed by atoms with van der Waals surface area (Å²) in [6.07, 6.45) is -2.09. The number of esters is 1. The number of benzene rings is 1. The smallest absolute Gasteiger partial charge is 0.407 e. The molecule has 8 heteroatoms. The van der Waals surface area contributed by atoms with Crippen LogP contribution in [0, 0.1) is 0 Å². The lowest BCUT2D eigenvalue weighted by molar-refractivity contribution is -0.154. The number of carbonyl (C=O) groups is 2. The molecule has 1 aromatic rings. The van der Waals surface area contributed by atoms with Gasteiger partial charge in [0.1, 0.15) is 0 Å². The maximum absolute atomic E-state index is 11.9. The number of ether oxygens (including phenoxy) is 4. The quantitative estimate of drug-likeness (QED) is 0.605. The summed E-state index contributed by atoms with van der Waals surface area (Å²) in [4.78, 5) is 23.6. The number of methoxy groups -OCH3 is 1. The molecular formula is C18H27NO7. The van der Waals surface area contributed by atoms with E-state index in [4.69, 9.17) is 18.9 Å². The van der Waals surface area contributed by atoms with Crippen LogP contribution in [0.3, 0.4) is 0 Å². The standard InChI is InChI=1S/C18H27NO7/c1-5-24-14-9-8-12(11-15(14)23-4)10-13(19-18(22)26-7-3)16(20)17(21)25-6-2/h8-9,11,13,16,20H,5-7,10H2,1-4H3,(H,19,22). The van der Waals surface area contributed by atoms with Gasteiger partial charge in [-0.15, -0.1) is 0 Å². The molecule has 0 saturated carbocycles. The third-order valence-electron chi connectivity index (χ3n) is 3.47. The topological polar surface area (TPSA) is 103 Å². The molecule has 1 aromatic carbocycles. The number of amides is 1. The number of alkyl carbamates (subject to hydrolysis) is 1. The minimum absolute atomic E-state index is 0.124.